The summed E-state index contributed by atoms with van der Waals surface area (Å²) in [6, 6.07) is 10.4. The first-order valence-corrected chi connectivity index (χ1v) is 7.25. The highest BCUT2D eigenvalue weighted by Crippen LogP contribution is 2.37. The molecule has 1 aliphatic rings. The molecule has 1 saturated heterocycles. The van der Waals surface area contributed by atoms with Crippen LogP contribution in [0.25, 0.3) is 11.3 Å². The van der Waals surface area contributed by atoms with Crippen molar-refractivity contribution in [2.24, 2.45) is 0 Å². The Morgan fingerprint density at radius 1 is 1.17 bits per heavy atom. The lowest BCUT2D eigenvalue weighted by atomic mass is 9.83. The first-order valence-electron chi connectivity index (χ1n) is 6.37. The van der Waals surface area contributed by atoms with E-state index < -0.39 is 0 Å². The summed E-state index contributed by atoms with van der Waals surface area (Å²) in [5.41, 5.74) is 2.51. The Balaban J connectivity index is 1.89. The van der Waals surface area contributed by atoms with Crippen LogP contribution in [0.3, 0.4) is 0 Å². The number of thiazole rings is 1. The van der Waals surface area contributed by atoms with Crippen molar-refractivity contribution < 1.29 is 4.74 Å². The Kier molecular flexibility index (Phi) is 3.18. The summed E-state index contributed by atoms with van der Waals surface area (Å²) in [5.74, 6) is 0. The summed E-state index contributed by atoms with van der Waals surface area (Å²) >= 11 is 1.78. The summed E-state index contributed by atoms with van der Waals surface area (Å²) in [5, 5.41) is 3.43. The zero-order valence-corrected chi connectivity index (χ0v) is 11.4. The Bertz CT molecular complexity index is 514. The molecule has 0 aliphatic carbocycles. The van der Waals surface area contributed by atoms with Gasteiger partial charge in [0.2, 0.25) is 0 Å². The van der Waals surface area contributed by atoms with Gasteiger partial charge in [0.1, 0.15) is 0 Å². The van der Waals surface area contributed by atoms with Crippen LogP contribution in [-0.2, 0) is 10.2 Å². The quantitative estimate of drug-likeness (QED) is 0.816. The van der Waals surface area contributed by atoms with Crippen molar-refractivity contribution in [2.75, 3.05) is 13.2 Å². The molecule has 1 aliphatic heterocycles. The van der Waals surface area contributed by atoms with Gasteiger partial charge in [-0.05, 0) is 12.8 Å². The molecule has 0 radical (unpaired) electrons. The molecule has 0 unspecified atom stereocenters. The van der Waals surface area contributed by atoms with Crippen LogP contribution in [0.2, 0.25) is 0 Å². The highest BCUT2D eigenvalue weighted by atomic mass is 32.1. The maximum atomic E-state index is 5.45. The number of benzene rings is 1. The topological polar surface area (TPSA) is 22.1 Å². The normalized spacial score (nSPS) is 18.7. The van der Waals surface area contributed by atoms with Gasteiger partial charge in [-0.2, -0.15) is 0 Å². The first kappa shape index (κ1) is 11.9. The molecule has 0 atom stereocenters. The van der Waals surface area contributed by atoms with E-state index in [1.54, 1.807) is 11.3 Å². The number of hydrogen-bond acceptors (Lipinski definition) is 3. The average molecular weight is 259 g/mol. The maximum Gasteiger partial charge on any atom is 0.0993 e. The Morgan fingerprint density at radius 3 is 2.61 bits per heavy atom. The number of aromatic nitrogens is 1. The van der Waals surface area contributed by atoms with E-state index in [9.17, 15) is 0 Å². The number of nitrogens with zero attached hydrogens (tertiary/aromatic N) is 1. The van der Waals surface area contributed by atoms with E-state index in [2.05, 4.69) is 36.6 Å². The van der Waals surface area contributed by atoms with Gasteiger partial charge in [-0.3, -0.25) is 0 Å². The molecule has 2 heterocycles. The molecule has 1 aromatic heterocycles. The maximum absolute atomic E-state index is 5.45. The predicted octanol–water partition coefficient (Wildman–Crippen LogP) is 3.88. The number of hydrogen-bond donors (Lipinski definition) is 0. The second-order valence-corrected chi connectivity index (χ2v) is 5.94. The molecule has 2 aromatic rings. The minimum atomic E-state index is 0.204. The third-order valence-electron chi connectivity index (χ3n) is 3.69. The van der Waals surface area contributed by atoms with Crippen molar-refractivity contribution >= 4 is 11.3 Å². The van der Waals surface area contributed by atoms with E-state index in [0.29, 0.717) is 0 Å². The lowest BCUT2D eigenvalue weighted by molar-refractivity contribution is 0.0564. The van der Waals surface area contributed by atoms with Crippen LogP contribution >= 0.6 is 11.3 Å². The molecule has 3 heteroatoms. The highest BCUT2D eigenvalue weighted by Gasteiger charge is 2.32. The minimum absolute atomic E-state index is 0.204. The Hall–Kier alpha value is -1.19. The average Bonchev–Trinajstić information content (AvgIpc) is 2.91. The lowest BCUT2D eigenvalue weighted by Gasteiger charge is -2.31. The molecule has 0 bridgehead atoms. The van der Waals surface area contributed by atoms with E-state index in [1.807, 2.05) is 6.07 Å². The molecule has 18 heavy (non-hydrogen) atoms. The summed E-state index contributed by atoms with van der Waals surface area (Å²) < 4.78 is 5.45. The van der Waals surface area contributed by atoms with Crippen molar-refractivity contribution in [2.45, 2.75) is 25.2 Å². The van der Waals surface area contributed by atoms with Crippen molar-refractivity contribution in [3.63, 3.8) is 0 Å². The van der Waals surface area contributed by atoms with Crippen molar-refractivity contribution in [3.8, 4) is 11.3 Å². The van der Waals surface area contributed by atoms with Gasteiger partial charge in [-0.1, -0.05) is 37.3 Å². The van der Waals surface area contributed by atoms with Crippen LogP contribution in [0.1, 0.15) is 24.8 Å². The van der Waals surface area contributed by atoms with E-state index >= 15 is 0 Å². The molecule has 0 N–H and O–H groups in total. The van der Waals surface area contributed by atoms with Gasteiger partial charge in [0, 0.05) is 29.6 Å². The number of rotatable bonds is 2. The summed E-state index contributed by atoms with van der Waals surface area (Å²) in [6.45, 7) is 4.02. The van der Waals surface area contributed by atoms with Gasteiger partial charge in [-0.25, -0.2) is 4.98 Å². The molecule has 3 rings (SSSR count). The van der Waals surface area contributed by atoms with Gasteiger partial charge in [0.25, 0.3) is 0 Å². The summed E-state index contributed by atoms with van der Waals surface area (Å²) in [7, 11) is 0. The zero-order chi connectivity index (χ0) is 12.4. The summed E-state index contributed by atoms with van der Waals surface area (Å²) in [4.78, 5) is 4.84. The van der Waals surface area contributed by atoms with E-state index in [1.165, 1.54) is 10.6 Å². The fourth-order valence-corrected chi connectivity index (χ4v) is 3.38. The summed E-state index contributed by atoms with van der Waals surface area (Å²) in [6.07, 6.45) is 2.16. The fourth-order valence-electron chi connectivity index (χ4n) is 2.33. The van der Waals surface area contributed by atoms with E-state index in [-0.39, 0.29) is 5.41 Å². The standard InChI is InChI=1S/C15H17NOS/c1-15(7-9-17-10-8-15)14-16-13(11-18-14)12-5-3-2-4-6-12/h2-6,11H,7-10H2,1H3. The first-order chi connectivity index (χ1) is 8.78. The van der Waals surface area contributed by atoms with Gasteiger partial charge in [0.15, 0.2) is 0 Å². The van der Waals surface area contributed by atoms with Crippen LogP contribution < -0.4 is 0 Å². The van der Waals surface area contributed by atoms with Gasteiger partial charge < -0.3 is 4.74 Å². The Morgan fingerprint density at radius 2 is 1.89 bits per heavy atom. The van der Waals surface area contributed by atoms with Gasteiger partial charge in [0.05, 0.1) is 10.7 Å². The molecule has 2 nitrogen and oxygen atoms in total. The molecular weight excluding hydrogens is 242 g/mol. The van der Waals surface area contributed by atoms with Crippen LogP contribution in [0.15, 0.2) is 35.7 Å². The molecule has 0 saturated carbocycles. The second kappa shape index (κ2) is 4.82. The van der Waals surface area contributed by atoms with Crippen LogP contribution in [-0.4, -0.2) is 18.2 Å². The van der Waals surface area contributed by atoms with E-state index in [0.717, 1.165) is 31.7 Å². The van der Waals surface area contributed by atoms with Crippen molar-refractivity contribution in [1.82, 2.24) is 4.98 Å². The van der Waals surface area contributed by atoms with Crippen molar-refractivity contribution in [3.05, 3.63) is 40.7 Å². The fraction of sp³-hybridized carbons (Fsp3) is 0.400. The highest BCUT2D eigenvalue weighted by molar-refractivity contribution is 7.10. The van der Waals surface area contributed by atoms with Gasteiger partial charge in [-0.15, -0.1) is 11.3 Å². The van der Waals surface area contributed by atoms with Crippen LogP contribution in [0, 0.1) is 0 Å². The third-order valence-corrected chi connectivity index (χ3v) is 4.83. The SMILES string of the molecule is CC1(c2nc(-c3ccccc3)cs2)CCOCC1. The minimum Gasteiger partial charge on any atom is -0.381 e. The van der Waals surface area contributed by atoms with E-state index in [4.69, 9.17) is 9.72 Å². The molecule has 1 aromatic carbocycles. The van der Waals surface area contributed by atoms with Crippen LogP contribution in [0.5, 0.6) is 0 Å². The second-order valence-electron chi connectivity index (χ2n) is 5.08. The molecule has 1 fully saturated rings. The lowest BCUT2D eigenvalue weighted by Crippen LogP contribution is -2.30. The third kappa shape index (κ3) is 2.20. The molecular formula is C15H17NOS. The monoisotopic (exact) mass is 259 g/mol. The molecule has 0 amide bonds. The Labute approximate surface area is 112 Å². The van der Waals surface area contributed by atoms with Gasteiger partial charge >= 0.3 is 0 Å². The largest absolute Gasteiger partial charge is 0.381 e. The number of ether oxygens (including phenoxy) is 1. The van der Waals surface area contributed by atoms with Crippen LogP contribution in [0.4, 0.5) is 0 Å². The molecule has 0 spiro atoms. The zero-order valence-electron chi connectivity index (χ0n) is 10.6. The smallest absolute Gasteiger partial charge is 0.0993 e. The van der Waals surface area contributed by atoms with Crippen molar-refractivity contribution in [1.29, 1.82) is 0 Å². The molecule has 94 valence electrons. The predicted molar refractivity (Wildman–Crippen MR) is 75.0 cm³/mol.